The van der Waals surface area contributed by atoms with Gasteiger partial charge >= 0.3 is 72.9 Å². The highest BCUT2D eigenvalue weighted by atomic mass is 19.4. The van der Waals surface area contributed by atoms with E-state index in [-0.39, 0.29) is 0 Å². The fourth-order valence-electron chi connectivity index (χ4n) is 9.32. The van der Waals surface area contributed by atoms with E-state index in [9.17, 15) is 28.8 Å². The highest BCUT2D eigenvalue weighted by Gasteiger charge is 2.68. The Morgan fingerprint density at radius 1 is 0.278 bits per heavy atom. The largest absolute Gasteiger partial charge is 0.465 e. The van der Waals surface area contributed by atoms with Gasteiger partial charge in [0.25, 0.3) is 0 Å². The molecule has 12 nitrogen and oxygen atoms in total. The molecule has 4 rings (SSSR count). The van der Waals surface area contributed by atoms with Gasteiger partial charge in [-0.25, -0.2) is 0 Å². The van der Waals surface area contributed by atoms with E-state index in [0.29, 0.717) is 0 Å². The topological polar surface area (TPSA) is 158 Å². The molecule has 0 radical (unpaired) electrons. The standard InChI is InChI=1S/C42H36F18O12/c1-7-67-31(61)22-13-14(23(32(62)68-8-2)19(22)28(37(43,44)45)38(46,47)48)16-18(27(36(66)72-12-6)21(25(16)34(64)70-10-4)30(41(55,56)57)42(58,59)60)17-15(13)24(33(63)69-9-3)20(26(17)35(65)71-11-5)29(39(49,50)51)40(52,53)54/h22-27H,7-12H2,1-6H3. The number of ether oxygens (including phenoxy) is 6. The second-order valence-electron chi connectivity index (χ2n) is 15.1. The molecule has 402 valence electrons. The normalized spacial score (nSPS) is 21.1. The minimum Gasteiger partial charge on any atom is -0.465 e. The summed E-state index contributed by atoms with van der Waals surface area (Å²) in [6.45, 7) is -2.06. The molecule has 0 aromatic heterocycles. The molecule has 0 fully saturated rings. The van der Waals surface area contributed by atoms with Crippen LogP contribution in [0.15, 0.2) is 33.4 Å². The summed E-state index contributed by atoms with van der Waals surface area (Å²) in [6, 6.07) is 0. The van der Waals surface area contributed by atoms with Crippen molar-refractivity contribution in [1.82, 2.24) is 0 Å². The zero-order chi connectivity index (χ0) is 55.3. The first-order valence-corrected chi connectivity index (χ1v) is 20.8. The lowest BCUT2D eigenvalue weighted by atomic mass is 9.79. The summed E-state index contributed by atoms with van der Waals surface area (Å²) in [7, 11) is 0. The molecule has 0 N–H and O–H groups in total. The highest BCUT2D eigenvalue weighted by molar-refractivity contribution is 6.05. The first kappa shape index (κ1) is 58.6. The number of alkyl halides is 18. The van der Waals surface area contributed by atoms with E-state index in [1.165, 1.54) is 0 Å². The molecule has 1 aromatic rings. The number of rotatable bonds is 12. The maximum absolute atomic E-state index is 15.2. The molecule has 30 heteroatoms. The third-order valence-corrected chi connectivity index (χ3v) is 11.0. The second kappa shape index (κ2) is 20.5. The quantitative estimate of drug-likeness (QED) is 0.0846. The van der Waals surface area contributed by atoms with E-state index >= 15 is 79.0 Å². The number of hydrogen-bond donors (Lipinski definition) is 0. The third-order valence-electron chi connectivity index (χ3n) is 11.0. The number of hydrogen-bond acceptors (Lipinski definition) is 12. The molecule has 0 spiro atoms. The SMILES string of the molecule is CCOC(=O)C1C(=C(C(F)(F)F)C(F)(F)F)C(C(=O)OCC)c2c1c1c(c3c2C(C(=O)OCC)C(=C(C(F)(F)F)C(F)(F)F)C3C(=O)OCC)C(C(=O)OCC)C(=C(C(F)(F)F)C(F)(F)F)C1C(=O)OCC. The van der Waals surface area contributed by atoms with Crippen molar-refractivity contribution in [3.8, 4) is 0 Å². The van der Waals surface area contributed by atoms with Gasteiger partial charge in [0.15, 0.2) is 0 Å². The van der Waals surface area contributed by atoms with Crippen LogP contribution in [0, 0.1) is 0 Å². The highest BCUT2D eigenvalue weighted by Crippen LogP contribution is 2.69. The number of fused-ring (bicyclic) bond motifs is 6. The zero-order valence-corrected chi connectivity index (χ0v) is 37.4. The number of carbonyl (C=O) groups is 6. The molecule has 0 saturated heterocycles. The average molecular weight is 1070 g/mol. The van der Waals surface area contributed by atoms with Crippen LogP contribution in [0.4, 0.5) is 79.0 Å². The monoisotopic (exact) mass is 1070 g/mol. The van der Waals surface area contributed by atoms with Crippen molar-refractivity contribution in [1.29, 1.82) is 0 Å². The van der Waals surface area contributed by atoms with Crippen molar-refractivity contribution < 1.29 is 136 Å². The molecule has 72 heavy (non-hydrogen) atoms. The van der Waals surface area contributed by atoms with Crippen molar-refractivity contribution in [2.75, 3.05) is 39.6 Å². The first-order chi connectivity index (χ1) is 32.9. The van der Waals surface area contributed by atoms with Crippen molar-refractivity contribution in [3.63, 3.8) is 0 Å². The Morgan fingerprint density at radius 2 is 0.389 bits per heavy atom. The number of esters is 6. The Labute approximate surface area is 392 Å². The van der Waals surface area contributed by atoms with E-state index < -0.39 is 215 Å². The van der Waals surface area contributed by atoms with Crippen LogP contribution in [-0.2, 0) is 57.2 Å². The van der Waals surface area contributed by atoms with Crippen molar-refractivity contribution in [2.45, 2.75) is 114 Å². The van der Waals surface area contributed by atoms with Crippen LogP contribution < -0.4 is 0 Å². The third kappa shape index (κ3) is 10.4. The van der Waals surface area contributed by atoms with Gasteiger partial charge in [0.05, 0.1) is 39.6 Å². The van der Waals surface area contributed by atoms with Crippen LogP contribution in [-0.4, -0.2) is 113 Å². The Balaban J connectivity index is 2.88. The van der Waals surface area contributed by atoms with Crippen LogP contribution in [0.25, 0.3) is 0 Å². The number of carbonyl (C=O) groups excluding carboxylic acids is 6. The molecular weight excluding hydrogens is 1040 g/mol. The summed E-state index contributed by atoms with van der Waals surface area (Å²) >= 11 is 0. The fourth-order valence-corrected chi connectivity index (χ4v) is 9.32. The number of halogens is 18. The van der Waals surface area contributed by atoms with Gasteiger partial charge in [-0.2, -0.15) is 79.0 Å². The molecule has 0 heterocycles. The molecule has 0 amide bonds. The Morgan fingerprint density at radius 3 is 0.472 bits per heavy atom. The smallest absolute Gasteiger partial charge is 0.421 e. The lowest BCUT2D eigenvalue weighted by Gasteiger charge is -2.25. The lowest BCUT2D eigenvalue weighted by molar-refractivity contribution is -0.176. The van der Waals surface area contributed by atoms with Gasteiger partial charge in [-0.1, -0.05) is 0 Å². The van der Waals surface area contributed by atoms with E-state index in [1.54, 1.807) is 0 Å². The molecule has 0 saturated carbocycles. The maximum Gasteiger partial charge on any atom is 0.421 e. The van der Waals surface area contributed by atoms with E-state index in [1.807, 2.05) is 0 Å². The van der Waals surface area contributed by atoms with E-state index in [0.717, 1.165) is 41.5 Å². The Hall–Kier alpha value is -6.00. The average Bonchev–Trinajstić information content (AvgIpc) is 3.81. The zero-order valence-electron chi connectivity index (χ0n) is 37.4. The second-order valence-corrected chi connectivity index (χ2v) is 15.1. The summed E-state index contributed by atoms with van der Waals surface area (Å²) in [5.41, 5.74) is -32.4. The van der Waals surface area contributed by atoms with Gasteiger partial charge in [-0.15, -0.1) is 0 Å². The van der Waals surface area contributed by atoms with Crippen LogP contribution in [0.1, 0.15) is 110 Å². The molecule has 3 aliphatic rings. The molecule has 1 aromatic carbocycles. The molecular formula is C42H36F18O12. The molecule has 0 bridgehead atoms. The van der Waals surface area contributed by atoms with Gasteiger partial charge in [-0.05, 0) is 91.6 Å². The van der Waals surface area contributed by atoms with Crippen LogP contribution >= 0.6 is 0 Å². The van der Waals surface area contributed by atoms with Gasteiger partial charge in [-0.3, -0.25) is 28.8 Å². The van der Waals surface area contributed by atoms with E-state index in [4.69, 9.17) is 28.4 Å². The Kier molecular flexibility index (Phi) is 16.7. The van der Waals surface area contributed by atoms with Crippen molar-refractivity contribution >= 4 is 35.8 Å². The van der Waals surface area contributed by atoms with Crippen LogP contribution in [0.3, 0.4) is 0 Å². The summed E-state index contributed by atoms with van der Waals surface area (Å²) in [4.78, 5) is 85.6. The van der Waals surface area contributed by atoms with Crippen LogP contribution in [0.5, 0.6) is 0 Å². The van der Waals surface area contributed by atoms with Crippen LogP contribution in [0.2, 0.25) is 0 Å². The summed E-state index contributed by atoms with van der Waals surface area (Å²) in [5, 5.41) is 0. The summed E-state index contributed by atoms with van der Waals surface area (Å²) in [5.74, 6) is -37.9. The van der Waals surface area contributed by atoms with Gasteiger partial charge in [0.2, 0.25) is 0 Å². The number of allylic oxidation sites excluding steroid dienone is 3. The van der Waals surface area contributed by atoms with Gasteiger partial charge in [0, 0.05) is 0 Å². The minimum atomic E-state index is -6.94. The number of benzene rings is 1. The maximum atomic E-state index is 15.2. The minimum absolute atomic E-state index is 0.799. The van der Waals surface area contributed by atoms with Gasteiger partial charge < -0.3 is 28.4 Å². The summed E-state index contributed by atoms with van der Waals surface area (Å²) < 4.78 is 302. The van der Waals surface area contributed by atoms with E-state index in [2.05, 4.69) is 0 Å². The molecule has 0 aliphatic heterocycles. The molecule has 6 unspecified atom stereocenters. The lowest BCUT2D eigenvalue weighted by Crippen LogP contribution is -2.33. The Bertz CT molecular complexity index is 2020. The fraction of sp³-hybridized carbons (Fsp3) is 0.571. The van der Waals surface area contributed by atoms with Crippen molar-refractivity contribution in [3.05, 3.63) is 66.8 Å². The predicted octanol–water partition coefficient (Wildman–Crippen LogP) is 9.87. The first-order valence-electron chi connectivity index (χ1n) is 20.8. The molecule has 3 aliphatic carbocycles. The summed E-state index contributed by atoms with van der Waals surface area (Å²) in [6.07, 6.45) is -41.6. The van der Waals surface area contributed by atoms with Crippen molar-refractivity contribution in [2.24, 2.45) is 0 Å². The van der Waals surface area contributed by atoms with Gasteiger partial charge in [0.1, 0.15) is 52.2 Å². The molecule has 6 atom stereocenters. The predicted molar refractivity (Wildman–Crippen MR) is 200 cm³/mol.